The fourth-order valence-corrected chi connectivity index (χ4v) is 2.92. The lowest BCUT2D eigenvalue weighted by Gasteiger charge is -2.26. The number of aliphatic hydroxyl groups excluding tert-OH is 1. The number of likely N-dealkylation sites (tertiary alicyclic amines) is 1. The zero-order chi connectivity index (χ0) is 12.4. The standard InChI is InChI=1S/C12H18N2O2S/c1-13(2)6-10-5-11(15)7-14(10)12(16)9-3-4-17-8-9/h3-4,8,10-11,15H,5-7H2,1-2H3. The van der Waals surface area contributed by atoms with E-state index >= 15 is 0 Å². The van der Waals surface area contributed by atoms with Crippen LogP contribution in [0.3, 0.4) is 0 Å². The smallest absolute Gasteiger partial charge is 0.255 e. The zero-order valence-electron chi connectivity index (χ0n) is 10.2. The summed E-state index contributed by atoms with van der Waals surface area (Å²) in [5.41, 5.74) is 0.729. The summed E-state index contributed by atoms with van der Waals surface area (Å²) in [5, 5.41) is 13.5. The molecule has 5 heteroatoms. The maximum atomic E-state index is 12.2. The van der Waals surface area contributed by atoms with E-state index in [2.05, 4.69) is 4.90 Å². The second kappa shape index (κ2) is 5.16. The molecule has 1 aromatic heterocycles. The number of carbonyl (C=O) groups is 1. The van der Waals surface area contributed by atoms with Gasteiger partial charge in [-0.15, -0.1) is 0 Å². The van der Waals surface area contributed by atoms with E-state index in [0.717, 1.165) is 12.1 Å². The molecule has 1 aromatic rings. The van der Waals surface area contributed by atoms with Crippen molar-refractivity contribution in [2.75, 3.05) is 27.2 Å². The molecule has 1 aliphatic rings. The Balaban J connectivity index is 2.10. The summed E-state index contributed by atoms with van der Waals surface area (Å²) in [6, 6.07) is 1.96. The highest BCUT2D eigenvalue weighted by Gasteiger charge is 2.34. The van der Waals surface area contributed by atoms with Crippen LogP contribution in [0.4, 0.5) is 0 Å². The second-order valence-corrected chi connectivity index (χ2v) is 5.56. The second-order valence-electron chi connectivity index (χ2n) is 4.78. The number of aliphatic hydroxyl groups is 1. The van der Waals surface area contributed by atoms with E-state index in [0.29, 0.717) is 13.0 Å². The van der Waals surface area contributed by atoms with Gasteiger partial charge in [0.2, 0.25) is 0 Å². The minimum atomic E-state index is -0.387. The molecule has 1 N–H and O–H groups in total. The molecule has 0 aliphatic carbocycles. The van der Waals surface area contributed by atoms with Gasteiger partial charge in [-0.1, -0.05) is 0 Å². The molecule has 1 fully saturated rings. The monoisotopic (exact) mass is 254 g/mol. The Kier molecular flexibility index (Phi) is 3.81. The maximum Gasteiger partial charge on any atom is 0.255 e. The third kappa shape index (κ3) is 2.86. The first-order chi connectivity index (χ1) is 8.08. The van der Waals surface area contributed by atoms with Crippen molar-refractivity contribution in [2.24, 2.45) is 0 Å². The highest BCUT2D eigenvalue weighted by Crippen LogP contribution is 2.22. The number of carbonyl (C=O) groups excluding carboxylic acids is 1. The van der Waals surface area contributed by atoms with Crippen molar-refractivity contribution >= 4 is 17.2 Å². The molecule has 0 radical (unpaired) electrons. The third-order valence-corrected chi connectivity index (χ3v) is 3.68. The van der Waals surface area contributed by atoms with Crippen LogP contribution in [0.1, 0.15) is 16.8 Å². The molecule has 2 unspecified atom stereocenters. The van der Waals surface area contributed by atoms with Crippen LogP contribution in [0.25, 0.3) is 0 Å². The van der Waals surface area contributed by atoms with Gasteiger partial charge in [0.15, 0.2) is 0 Å². The van der Waals surface area contributed by atoms with Crippen molar-refractivity contribution < 1.29 is 9.90 Å². The number of rotatable bonds is 3. The van der Waals surface area contributed by atoms with Gasteiger partial charge in [0.1, 0.15) is 0 Å². The average molecular weight is 254 g/mol. The molecule has 0 bridgehead atoms. The Morgan fingerprint density at radius 2 is 2.41 bits per heavy atom. The fraction of sp³-hybridized carbons (Fsp3) is 0.583. The molecule has 94 valence electrons. The topological polar surface area (TPSA) is 43.8 Å². The van der Waals surface area contributed by atoms with Crippen LogP contribution in [0.15, 0.2) is 16.8 Å². The normalized spacial score (nSPS) is 24.6. The van der Waals surface area contributed by atoms with E-state index in [1.807, 2.05) is 30.9 Å². The summed E-state index contributed by atoms with van der Waals surface area (Å²) in [4.78, 5) is 16.1. The Labute approximate surface area is 105 Å². The van der Waals surface area contributed by atoms with Gasteiger partial charge in [0, 0.05) is 24.5 Å². The van der Waals surface area contributed by atoms with Gasteiger partial charge in [-0.05, 0) is 32.0 Å². The Morgan fingerprint density at radius 1 is 1.65 bits per heavy atom. The van der Waals surface area contributed by atoms with Gasteiger partial charge in [-0.25, -0.2) is 0 Å². The Bertz CT molecular complexity index is 378. The first-order valence-corrected chi connectivity index (χ1v) is 6.68. The molecule has 1 aliphatic heterocycles. The van der Waals surface area contributed by atoms with Crippen LogP contribution < -0.4 is 0 Å². The Morgan fingerprint density at radius 3 is 3.00 bits per heavy atom. The molecule has 2 rings (SSSR count). The van der Waals surface area contributed by atoms with Crippen molar-refractivity contribution in [1.82, 2.24) is 9.80 Å². The first-order valence-electron chi connectivity index (χ1n) is 5.74. The minimum absolute atomic E-state index is 0.0367. The van der Waals surface area contributed by atoms with Crippen molar-refractivity contribution in [3.8, 4) is 0 Å². The molecule has 2 atom stereocenters. The molecule has 17 heavy (non-hydrogen) atoms. The van der Waals surface area contributed by atoms with Crippen molar-refractivity contribution in [3.05, 3.63) is 22.4 Å². The predicted molar refractivity (Wildman–Crippen MR) is 68.3 cm³/mol. The van der Waals surface area contributed by atoms with Crippen molar-refractivity contribution in [3.63, 3.8) is 0 Å². The largest absolute Gasteiger partial charge is 0.391 e. The predicted octanol–water partition coefficient (Wildman–Crippen LogP) is 0.885. The summed E-state index contributed by atoms with van der Waals surface area (Å²) in [7, 11) is 3.97. The van der Waals surface area contributed by atoms with Crippen LogP contribution in [0, 0.1) is 0 Å². The lowest BCUT2D eigenvalue weighted by molar-refractivity contribution is 0.0699. The van der Waals surface area contributed by atoms with Gasteiger partial charge in [0.05, 0.1) is 11.7 Å². The summed E-state index contributed by atoms with van der Waals surface area (Å²) in [5.74, 6) is 0.0367. The fourth-order valence-electron chi connectivity index (χ4n) is 2.29. The van der Waals surface area contributed by atoms with E-state index in [-0.39, 0.29) is 18.1 Å². The number of hydrogen-bond donors (Lipinski definition) is 1. The van der Waals surface area contributed by atoms with Crippen molar-refractivity contribution in [1.29, 1.82) is 0 Å². The summed E-state index contributed by atoms with van der Waals surface area (Å²) in [6.45, 7) is 1.25. The summed E-state index contributed by atoms with van der Waals surface area (Å²) in [6.07, 6.45) is 0.288. The lowest BCUT2D eigenvalue weighted by Crippen LogP contribution is -2.41. The SMILES string of the molecule is CN(C)CC1CC(O)CN1C(=O)c1ccsc1. The van der Waals surface area contributed by atoms with Gasteiger partial charge in [0.25, 0.3) is 5.91 Å². The van der Waals surface area contributed by atoms with E-state index in [1.54, 1.807) is 4.90 Å². The highest BCUT2D eigenvalue weighted by atomic mass is 32.1. The van der Waals surface area contributed by atoms with E-state index in [1.165, 1.54) is 11.3 Å². The molecule has 0 saturated carbocycles. The van der Waals surface area contributed by atoms with Crippen LogP contribution in [0.2, 0.25) is 0 Å². The van der Waals surface area contributed by atoms with E-state index in [9.17, 15) is 9.90 Å². The molecule has 0 spiro atoms. The molecule has 1 saturated heterocycles. The quantitative estimate of drug-likeness (QED) is 0.871. The van der Waals surface area contributed by atoms with Gasteiger partial charge < -0.3 is 14.9 Å². The molecule has 1 amide bonds. The average Bonchev–Trinajstić information content (AvgIpc) is 2.85. The first kappa shape index (κ1) is 12.5. The number of amides is 1. The third-order valence-electron chi connectivity index (χ3n) is 3.00. The zero-order valence-corrected chi connectivity index (χ0v) is 11.0. The molecule has 4 nitrogen and oxygen atoms in total. The van der Waals surface area contributed by atoms with Gasteiger partial charge in [-0.3, -0.25) is 4.79 Å². The molecular formula is C12H18N2O2S. The molecule has 0 aromatic carbocycles. The van der Waals surface area contributed by atoms with Gasteiger partial charge in [-0.2, -0.15) is 11.3 Å². The number of likely N-dealkylation sites (N-methyl/N-ethyl adjacent to an activating group) is 1. The van der Waals surface area contributed by atoms with Crippen LogP contribution >= 0.6 is 11.3 Å². The van der Waals surface area contributed by atoms with Crippen LogP contribution in [0.5, 0.6) is 0 Å². The summed E-state index contributed by atoms with van der Waals surface area (Å²) >= 11 is 1.52. The lowest BCUT2D eigenvalue weighted by atomic mass is 10.2. The van der Waals surface area contributed by atoms with Crippen LogP contribution in [-0.4, -0.2) is 60.1 Å². The van der Waals surface area contributed by atoms with E-state index in [4.69, 9.17) is 0 Å². The molecule has 2 heterocycles. The van der Waals surface area contributed by atoms with Crippen LogP contribution in [-0.2, 0) is 0 Å². The van der Waals surface area contributed by atoms with Crippen molar-refractivity contribution in [2.45, 2.75) is 18.6 Å². The molecular weight excluding hydrogens is 236 g/mol. The highest BCUT2D eigenvalue weighted by molar-refractivity contribution is 7.08. The minimum Gasteiger partial charge on any atom is -0.391 e. The van der Waals surface area contributed by atoms with E-state index < -0.39 is 0 Å². The van der Waals surface area contributed by atoms with Gasteiger partial charge >= 0.3 is 0 Å². The Hall–Kier alpha value is -0.910. The maximum absolute atomic E-state index is 12.2. The number of nitrogens with zero attached hydrogens (tertiary/aromatic N) is 2. The number of β-amino-alcohol motifs (C(OH)–C–C–N with tert-alkyl or cyclic N) is 1. The number of thiophene rings is 1. The number of hydrogen-bond acceptors (Lipinski definition) is 4. The summed E-state index contributed by atoms with van der Waals surface area (Å²) < 4.78 is 0.